The Morgan fingerprint density at radius 3 is 2.71 bits per heavy atom. The van der Waals surface area contributed by atoms with Crippen LogP contribution >= 0.6 is 23.1 Å². The van der Waals surface area contributed by atoms with Gasteiger partial charge in [-0.25, -0.2) is 4.98 Å². The Balaban J connectivity index is 2.27. The summed E-state index contributed by atoms with van der Waals surface area (Å²) in [6.07, 6.45) is 0.357. The fourth-order valence-corrected chi connectivity index (χ4v) is 2.55. The zero-order chi connectivity index (χ0) is 12.8. The number of nitrogens with one attached hydrogen (secondary N) is 1. The molecule has 0 saturated carbocycles. The van der Waals surface area contributed by atoms with E-state index in [9.17, 15) is 9.59 Å². The van der Waals surface area contributed by atoms with E-state index in [4.69, 9.17) is 5.73 Å². The molecule has 1 rings (SSSR count). The SMILES string of the molecule is Cc1nc(NC(=O)CCSCC(N)=O)sc1C. The van der Waals surface area contributed by atoms with Crippen LogP contribution in [0, 0.1) is 13.8 Å². The Morgan fingerprint density at radius 2 is 2.18 bits per heavy atom. The molecule has 0 fully saturated rings. The summed E-state index contributed by atoms with van der Waals surface area (Å²) in [5.41, 5.74) is 5.92. The molecule has 0 aliphatic rings. The van der Waals surface area contributed by atoms with Gasteiger partial charge in [0.05, 0.1) is 11.4 Å². The summed E-state index contributed by atoms with van der Waals surface area (Å²) in [6, 6.07) is 0. The van der Waals surface area contributed by atoms with Crippen molar-refractivity contribution >= 4 is 40.0 Å². The lowest BCUT2D eigenvalue weighted by Gasteiger charge is -2.00. The molecule has 0 saturated heterocycles. The van der Waals surface area contributed by atoms with Crippen LogP contribution in [0.25, 0.3) is 0 Å². The Bertz CT molecular complexity index is 398. The molecule has 0 atom stereocenters. The molecule has 0 radical (unpaired) electrons. The lowest BCUT2D eigenvalue weighted by atomic mass is 10.4. The molecule has 0 aliphatic heterocycles. The summed E-state index contributed by atoms with van der Waals surface area (Å²) < 4.78 is 0. The number of carbonyl (C=O) groups excluding carboxylic acids is 2. The number of rotatable bonds is 6. The van der Waals surface area contributed by atoms with E-state index in [1.54, 1.807) is 0 Å². The molecule has 5 nitrogen and oxygen atoms in total. The minimum Gasteiger partial charge on any atom is -0.369 e. The summed E-state index contributed by atoms with van der Waals surface area (Å²) in [6.45, 7) is 3.87. The van der Waals surface area contributed by atoms with Crippen molar-refractivity contribution in [2.24, 2.45) is 5.73 Å². The highest BCUT2D eigenvalue weighted by atomic mass is 32.2. The number of primary amides is 1. The number of hydrogen-bond acceptors (Lipinski definition) is 5. The highest BCUT2D eigenvalue weighted by molar-refractivity contribution is 7.99. The van der Waals surface area contributed by atoms with Gasteiger partial charge in [-0.3, -0.25) is 9.59 Å². The van der Waals surface area contributed by atoms with E-state index >= 15 is 0 Å². The Kier molecular flexibility index (Phi) is 5.43. The van der Waals surface area contributed by atoms with Crippen LogP contribution in [0.1, 0.15) is 17.0 Å². The molecule has 1 aromatic heterocycles. The fourth-order valence-electron chi connectivity index (χ4n) is 1.05. The molecule has 94 valence electrons. The molecule has 0 aromatic carbocycles. The maximum atomic E-state index is 11.5. The van der Waals surface area contributed by atoms with Crippen LogP contribution in [-0.4, -0.2) is 28.3 Å². The third-order valence-electron chi connectivity index (χ3n) is 1.99. The minimum absolute atomic E-state index is 0.0873. The van der Waals surface area contributed by atoms with Gasteiger partial charge in [-0.15, -0.1) is 11.3 Å². The number of carbonyl (C=O) groups is 2. The first-order chi connectivity index (χ1) is 7.99. The van der Waals surface area contributed by atoms with Gasteiger partial charge in [-0.2, -0.15) is 11.8 Å². The summed E-state index contributed by atoms with van der Waals surface area (Å²) in [5, 5.41) is 3.36. The zero-order valence-electron chi connectivity index (χ0n) is 9.78. The Hall–Kier alpha value is -1.08. The summed E-state index contributed by atoms with van der Waals surface area (Å²) in [5.74, 6) is 0.387. The molecule has 0 bridgehead atoms. The Labute approximate surface area is 108 Å². The molecular formula is C10H15N3O2S2. The van der Waals surface area contributed by atoms with E-state index in [0.717, 1.165) is 10.6 Å². The molecule has 17 heavy (non-hydrogen) atoms. The monoisotopic (exact) mass is 273 g/mol. The van der Waals surface area contributed by atoms with Gasteiger partial charge in [-0.1, -0.05) is 0 Å². The predicted octanol–water partition coefficient (Wildman–Crippen LogP) is 1.31. The first kappa shape index (κ1) is 14.0. The Morgan fingerprint density at radius 1 is 1.47 bits per heavy atom. The third kappa shape index (κ3) is 5.18. The third-order valence-corrected chi connectivity index (χ3v) is 3.96. The quantitative estimate of drug-likeness (QED) is 0.765. The second-order valence-corrected chi connectivity index (χ2v) is 5.79. The van der Waals surface area contributed by atoms with Crippen molar-refractivity contribution in [1.82, 2.24) is 4.98 Å². The molecule has 0 spiro atoms. The van der Waals surface area contributed by atoms with E-state index < -0.39 is 0 Å². The smallest absolute Gasteiger partial charge is 0.227 e. The van der Waals surface area contributed by atoms with Crippen LogP contribution in [0.2, 0.25) is 0 Å². The second-order valence-electron chi connectivity index (χ2n) is 3.48. The molecule has 0 unspecified atom stereocenters. The van der Waals surface area contributed by atoms with Gasteiger partial charge >= 0.3 is 0 Å². The number of anilines is 1. The standard InChI is InChI=1S/C10H15N3O2S2/c1-6-7(2)17-10(12-6)13-9(15)3-4-16-5-8(11)14/h3-5H2,1-2H3,(H2,11,14)(H,12,13,15). The zero-order valence-corrected chi connectivity index (χ0v) is 11.4. The number of aromatic nitrogens is 1. The van der Waals surface area contributed by atoms with E-state index in [-0.39, 0.29) is 17.6 Å². The number of aryl methyl sites for hydroxylation is 2. The van der Waals surface area contributed by atoms with Crippen LogP contribution < -0.4 is 11.1 Å². The largest absolute Gasteiger partial charge is 0.369 e. The maximum absolute atomic E-state index is 11.5. The molecule has 7 heteroatoms. The van der Waals surface area contributed by atoms with Gasteiger partial charge in [0, 0.05) is 17.1 Å². The van der Waals surface area contributed by atoms with Gasteiger partial charge < -0.3 is 11.1 Å². The lowest BCUT2D eigenvalue weighted by Crippen LogP contribution is -2.15. The number of nitrogens with two attached hydrogens (primary N) is 1. The highest BCUT2D eigenvalue weighted by Crippen LogP contribution is 2.21. The first-order valence-corrected chi connectivity index (χ1v) is 7.06. The van der Waals surface area contributed by atoms with Gasteiger partial charge in [0.25, 0.3) is 0 Å². The predicted molar refractivity (Wildman–Crippen MR) is 71.4 cm³/mol. The number of nitrogens with zero attached hydrogens (tertiary/aromatic N) is 1. The van der Waals surface area contributed by atoms with Crippen molar-refractivity contribution in [3.63, 3.8) is 0 Å². The number of thioether (sulfide) groups is 1. The number of hydrogen-bond donors (Lipinski definition) is 2. The maximum Gasteiger partial charge on any atom is 0.227 e. The number of thiazole rings is 1. The topological polar surface area (TPSA) is 85.1 Å². The van der Waals surface area contributed by atoms with Crippen molar-refractivity contribution in [3.05, 3.63) is 10.6 Å². The van der Waals surface area contributed by atoms with E-state index in [0.29, 0.717) is 17.3 Å². The van der Waals surface area contributed by atoms with Gasteiger partial charge in [0.2, 0.25) is 11.8 Å². The second kappa shape index (κ2) is 6.61. The van der Waals surface area contributed by atoms with Crippen molar-refractivity contribution in [2.75, 3.05) is 16.8 Å². The van der Waals surface area contributed by atoms with Crippen molar-refractivity contribution in [3.8, 4) is 0 Å². The molecular weight excluding hydrogens is 258 g/mol. The highest BCUT2D eigenvalue weighted by Gasteiger charge is 2.07. The van der Waals surface area contributed by atoms with E-state index in [1.807, 2.05) is 13.8 Å². The first-order valence-electron chi connectivity index (χ1n) is 5.09. The van der Waals surface area contributed by atoms with Crippen LogP contribution in [-0.2, 0) is 9.59 Å². The molecule has 1 aromatic rings. The molecule has 2 amide bonds. The normalized spacial score (nSPS) is 10.2. The summed E-state index contributed by atoms with van der Waals surface area (Å²) >= 11 is 2.82. The average Bonchev–Trinajstić information content (AvgIpc) is 2.52. The summed E-state index contributed by atoms with van der Waals surface area (Å²) in [7, 11) is 0. The van der Waals surface area contributed by atoms with Crippen LogP contribution in [0.5, 0.6) is 0 Å². The molecule has 1 heterocycles. The van der Waals surface area contributed by atoms with Crippen LogP contribution in [0.15, 0.2) is 0 Å². The van der Waals surface area contributed by atoms with E-state index in [2.05, 4.69) is 10.3 Å². The van der Waals surface area contributed by atoms with Gasteiger partial charge in [0.1, 0.15) is 0 Å². The summed E-state index contributed by atoms with van der Waals surface area (Å²) in [4.78, 5) is 27.3. The van der Waals surface area contributed by atoms with Gasteiger partial charge in [-0.05, 0) is 13.8 Å². The van der Waals surface area contributed by atoms with Crippen molar-refractivity contribution in [1.29, 1.82) is 0 Å². The number of amides is 2. The minimum atomic E-state index is -0.360. The van der Waals surface area contributed by atoms with Crippen LogP contribution in [0.3, 0.4) is 0 Å². The average molecular weight is 273 g/mol. The van der Waals surface area contributed by atoms with Crippen molar-refractivity contribution < 1.29 is 9.59 Å². The fraction of sp³-hybridized carbons (Fsp3) is 0.500. The molecule has 0 aliphatic carbocycles. The van der Waals surface area contributed by atoms with Crippen LogP contribution in [0.4, 0.5) is 5.13 Å². The van der Waals surface area contributed by atoms with Gasteiger partial charge in [0.15, 0.2) is 5.13 Å². The van der Waals surface area contributed by atoms with E-state index in [1.165, 1.54) is 23.1 Å². The van der Waals surface area contributed by atoms with Crippen molar-refractivity contribution in [2.45, 2.75) is 20.3 Å². The lowest BCUT2D eigenvalue weighted by molar-refractivity contribution is -0.116. The molecule has 3 N–H and O–H groups in total.